The lowest BCUT2D eigenvalue weighted by atomic mass is 10.1. The van der Waals surface area contributed by atoms with E-state index in [0.717, 1.165) is 23.9 Å². The molecular formula is C16H16BrNO. The van der Waals surface area contributed by atoms with E-state index >= 15 is 0 Å². The summed E-state index contributed by atoms with van der Waals surface area (Å²) < 4.78 is 1.11. The highest BCUT2D eigenvalue weighted by atomic mass is 79.9. The van der Waals surface area contributed by atoms with Crippen LogP contribution in [-0.2, 0) is 13.0 Å². The molecule has 0 heterocycles. The molecule has 0 bridgehead atoms. The third kappa shape index (κ3) is 2.82. The predicted octanol–water partition coefficient (Wildman–Crippen LogP) is 3.93. The fourth-order valence-electron chi connectivity index (χ4n) is 2.70. The quantitative estimate of drug-likeness (QED) is 0.899. The number of halogens is 1. The highest BCUT2D eigenvalue weighted by Gasteiger charge is 2.21. The van der Waals surface area contributed by atoms with Gasteiger partial charge in [0.2, 0.25) is 0 Å². The van der Waals surface area contributed by atoms with Crippen molar-refractivity contribution in [2.45, 2.75) is 25.4 Å². The van der Waals surface area contributed by atoms with Gasteiger partial charge in [-0.15, -0.1) is 0 Å². The minimum absolute atomic E-state index is 0.367. The second-order valence-corrected chi connectivity index (χ2v) is 5.90. The molecule has 0 amide bonds. The standard InChI is InChI=1S/C16H16BrNO/c17-13-3-1-2-11(8-13)10-18-16-7-4-12-9-14(19)5-6-15(12)16/h1-3,5-6,8-9,16,18-19H,4,7,10H2. The first kappa shape index (κ1) is 12.7. The molecule has 1 aliphatic carbocycles. The Kier molecular flexibility index (Phi) is 3.58. The SMILES string of the molecule is Oc1ccc2c(c1)CCC2NCc1cccc(Br)c1. The minimum atomic E-state index is 0.367. The summed E-state index contributed by atoms with van der Waals surface area (Å²) in [6.07, 6.45) is 2.15. The number of hydrogen-bond donors (Lipinski definition) is 2. The van der Waals surface area contributed by atoms with Crippen molar-refractivity contribution in [2.24, 2.45) is 0 Å². The highest BCUT2D eigenvalue weighted by molar-refractivity contribution is 9.10. The Morgan fingerprint density at radius 3 is 2.95 bits per heavy atom. The highest BCUT2D eigenvalue weighted by Crippen LogP contribution is 2.33. The molecule has 0 radical (unpaired) electrons. The first-order valence-corrected chi connectivity index (χ1v) is 7.31. The molecule has 3 heteroatoms. The summed E-state index contributed by atoms with van der Waals surface area (Å²) in [5, 5.41) is 13.1. The monoisotopic (exact) mass is 317 g/mol. The zero-order valence-electron chi connectivity index (χ0n) is 10.6. The van der Waals surface area contributed by atoms with E-state index in [1.807, 2.05) is 18.2 Å². The number of aryl methyl sites for hydroxylation is 1. The van der Waals surface area contributed by atoms with Crippen molar-refractivity contribution in [1.82, 2.24) is 5.32 Å². The van der Waals surface area contributed by atoms with Crippen LogP contribution in [0.3, 0.4) is 0 Å². The molecule has 1 atom stereocenters. The van der Waals surface area contributed by atoms with Crippen LogP contribution in [-0.4, -0.2) is 5.11 Å². The van der Waals surface area contributed by atoms with Crippen LogP contribution in [0.4, 0.5) is 0 Å². The van der Waals surface area contributed by atoms with Crippen molar-refractivity contribution >= 4 is 15.9 Å². The van der Waals surface area contributed by atoms with Gasteiger partial charge in [-0.3, -0.25) is 0 Å². The lowest BCUT2D eigenvalue weighted by molar-refractivity contribution is 0.474. The van der Waals surface area contributed by atoms with Gasteiger partial charge in [0, 0.05) is 17.1 Å². The van der Waals surface area contributed by atoms with Gasteiger partial charge in [0.1, 0.15) is 5.75 Å². The molecule has 98 valence electrons. The molecular weight excluding hydrogens is 302 g/mol. The Hall–Kier alpha value is -1.32. The van der Waals surface area contributed by atoms with Crippen LogP contribution in [0.25, 0.3) is 0 Å². The van der Waals surface area contributed by atoms with Gasteiger partial charge in [-0.25, -0.2) is 0 Å². The molecule has 0 aromatic heterocycles. The zero-order valence-corrected chi connectivity index (χ0v) is 12.2. The van der Waals surface area contributed by atoms with Gasteiger partial charge >= 0.3 is 0 Å². The topological polar surface area (TPSA) is 32.3 Å². The lowest BCUT2D eigenvalue weighted by Gasteiger charge is -2.14. The van der Waals surface area contributed by atoms with Crippen LogP contribution >= 0.6 is 15.9 Å². The number of phenolic OH excluding ortho intramolecular Hbond substituents is 1. The molecule has 1 aliphatic rings. The maximum atomic E-state index is 9.50. The number of benzene rings is 2. The summed E-state index contributed by atoms with van der Waals surface area (Å²) >= 11 is 3.49. The normalized spacial score (nSPS) is 17.4. The van der Waals surface area contributed by atoms with Gasteiger partial charge in [-0.2, -0.15) is 0 Å². The molecule has 2 aromatic carbocycles. The van der Waals surface area contributed by atoms with Gasteiger partial charge in [0.15, 0.2) is 0 Å². The molecule has 2 aromatic rings. The summed E-state index contributed by atoms with van der Waals surface area (Å²) in [5.74, 6) is 0.367. The first-order valence-electron chi connectivity index (χ1n) is 6.52. The van der Waals surface area contributed by atoms with E-state index in [4.69, 9.17) is 0 Å². The van der Waals surface area contributed by atoms with Crippen molar-refractivity contribution in [2.75, 3.05) is 0 Å². The Balaban J connectivity index is 1.70. The summed E-state index contributed by atoms with van der Waals surface area (Å²) in [7, 11) is 0. The third-order valence-corrected chi connectivity index (χ3v) is 4.14. The molecule has 0 aliphatic heterocycles. The summed E-state index contributed by atoms with van der Waals surface area (Å²) in [6, 6.07) is 14.5. The average molecular weight is 318 g/mol. The van der Waals surface area contributed by atoms with E-state index in [1.54, 1.807) is 6.07 Å². The summed E-state index contributed by atoms with van der Waals surface area (Å²) in [4.78, 5) is 0. The van der Waals surface area contributed by atoms with E-state index in [9.17, 15) is 5.11 Å². The molecule has 0 fully saturated rings. The number of aromatic hydroxyl groups is 1. The molecule has 0 saturated heterocycles. The van der Waals surface area contributed by atoms with Gasteiger partial charge in [0.05, 0.1) is 0 Å². The molecule has 19 heavy (non-hydrogen) atoms. The maximum Gasteiger partial charge on any atom is 0.115 e. The second kappa shape index (κ2) is 5.35. The van der Waals surface area contributed by atoms with Gasteiger partial charge < -0.3 is 10.4 Å². The first-order chi connectivity index (χ1) is 9.22. The van der Waals surface area contributed by atoms with E-state index < -0.39 is 0 Å². The lowest BCUT2D eigenvalue weighted by Crippen LogP contribution is -2.18. The van der Waals surface area contributed by atoms with Gasteiger partial charge in [0.25, 0.3) is 0 Å². The molecule has 3 rings (SSSR count). The Morgan fingerprint density at radius 2 is 2.11 bits per heavy atom. The van der Waals surface area contributed by atoms with Crippen molar-refractivity contribution in [3.05, 3.63) is 63.6 Å². The molecule has 2 nitrogen and oxygen atoms in total. The van der Waals surface area contributed by atoms with E-state index in [0.29, 0.717) is 11.8 Å². The number of rotatable bonds is 3. The fraction of sp³-hybridized carbons (Fsp3) is 0.250. The van der Waals surface area contributed by atoms with E-state index in [-0.39, 0.29) is 0 Å². The van der Waals surface area contributed by atoms with Crippen molar-refractivity contribution < 1.29 is 5.11 Å². The van der Waals surface area contributed by atoms with Crippen LogP contribution in [0.1, 0.15) is 29.2 Å². The minimum Gasteiger partial charge on any atom is -0.508 e. The van der Waals surface area contributed by atoms with Crippen LogP contribution in [0.2, 0.25) is 0 Å². The fourth-order valence-corrected chi connectivity index (χ4v) is 3.15. The smallest absolute Gasteiger partial charge is 0.115 e. The van der Waals surface area contributed by atoms with E-state index in [1.165, 1.54) is 16.7 Å². The number of phenols is 1. The number of nitrogens with one attached hydrogen (secondary N) is 1. The van der Waals surface area contributed by atoms with Gasteiger partial charge in [-0.05, 0) is 53.8 Å². The Labute approximate surface area is 121 Å². The Morgan fingerprint density at radius 1 is 1.21 bits per heavy atom. The third-order valence-electron chi connectivity index (χ3n) is 3.65. The van der Waals surface area contributed by atoms with Crippen LogP contribution in [0, 0.1) is 0 Å². The zero-order chi connectivity index (χ0) is 13.2. The van der Waals surface area contributed by atoms with E-state index in [2.05, 4.69) is 39.4 Å². The predicted molar refractivity (Wildman–Crippen MR) is 80.2 cm³/mol. The summed E-state index contributed by atoms with van der Waals surface area (Å²) in [6.45, 7) is 0.865. The largest absolute Gasteiger partial charge is 0.508 e. The molecule has 0 spiro atoms. The Bertz CT molecular complexity index is 597. The average Bonchev–Trinajstić information content (AvgIpc) is 2.78. The molecule has 1 unspecified atom stereocenters. The van der Waals surface area contributed by atoms with Crippen LogP contribution in [0.15, 0.2) is 46.9 Å². The second-order valence-electron chi connectivity index (χ2n) is 4.99. The summed E-state index contributed by atoms with van der Waals surface area (Å²) in [5.41, 5.74) is 3.88. The molecule has 2 N–H and O–H groups in total. The number of hydrogen-bond acceptors (Lipinski definition) is 2. The maximum absolute atomic E-state index is 9.50. The van der Waals surface area contributed by atoms with Crippen LogP contribution < -0.4 is 5.32 Å². The molecule has 0 saturated carbocycles. The van der Waals surface area contributed by atoms with Gasteiger partial charge in [-0.1, -0.05) is 34.1 Å². The van der Waals surface area contributed by atoms with Crippen LogP contribution in [0.5, 0.6) is 5.75 Å². The van der Waals surface area contributed by atoms with Crippen molar-refractivity contribution in [3.8, 4) is 5.75 Å². The number of fused-ring (bicyclic) bond motifs is 1. The van der Waals surface area contributed by atoms with Crippen molar-refractivity contribution in [1.29, 1.82) is 0 Å². The van der Waals surface area contributed by atoms with Crippen molar-refractivity contribution in [3.63, 3.8) is 0 Å².